The monoisotopic (exact) mass is 328 g/mol. The minimum absolute atomic E-state index is 0.0905. The van der Waals surface area contributed by atoms with Crippen LogP contribution in [0.5, 0.6) is 0 Å². The van der Waals surface area contributed by atoms with Crippen LogP contribution in [0.4, 0.5) is 0 Å². The van der Waals surface area contributed by atoms with E-state index in [1.165, 1.54) is 0 Å². The van der Waals surface area contributed by atoms with Crippen LogP contribution in [0, 0.1) is 0 Å². The summed E-state index contributed by atoms with van der Waals surface area (Å²) in [6.07, 6.45) is 1.76. The van der Waals surface area contributed by atoms with Crippen LogP contribution < -0.4 is 0 Å². The van der Waals surface area contributed by atoms with Crippen molar-refractivity contribution in [1.29, 1.82) is 0 Å². The van der Waals surface area contributed by atoms with E-state index in [0.717, 1.165) is 28.0 Å². The van der Waals surface area contributed by atoms with Crippen LogP contribution >= 0.6 is 27.3 Å². The maximum atomic E-state index is 12.3. The molecule has 0 bridgehead atoms. The second-order valence-electron chi connectivity index (χ2n) is 4.65. The predicted octanol–water partition coefficient (Wildman–Crippen LogP) is 1.84. The SMILES string of the molecule is O=C1C2CCCN2C(=O)CN1Cc1ccc(Br)s1. The molecule has 2 fully saturated rings. The lowest BCUT2D eigenvalue weighted by Crippen LogP contribution is -2.56. The zero-order valence-corrected chi connectivity index (χ0v) is 12.2. The van der Waals surface area contributed by atoms with E-state index >= 15 is 0 Å². The van der Waals surface area contributed by atoms with Gasteiger partial charge in [0.2, 0.25) is 11.8 Å². The lowest BCUT2D eigenvalue weighted by Gasteiger charge is -2.36. The highest BCUT2D eigenvalue weighted by Crippen LogP contribution is 2.27. The van der Waals surface area contributed by atoms with E-state index in [2.05, 4.69) is 15.9 Å². The average molecular weight is 329 g/mol. The van der Waals surface area contributed by atoms with Crippen LogP contribution in [0.2, 0.25) is 0 Å². The molecule has 18 heavy (non-hydrogen) atoms. The number of hydrogen-bond acceptors (Lipinski definition) is 3. The van der Waals surface area contributed by atoms with E-state index in [1.807, 2.05) is 12.1 Å². The van der Waals surface area contributed by atoms with Gasteiger partial charge in [-0.1, -0.05) is 0 Å². The molecule has 0 aliphatic carbocycles. The molecule has 3 rings (SSSR count). The highest BCUT2D eigenvalue weighted by molar-refractivity contribution is 9.11. The molecule has 2 aliphatic heterocycles. The molecule has 0 radical (unpaired) electrons. The van der Waals surface area contributed by atoms with Crippen molar-refractivity contribution in [2.75, 3.05) is 13.1 Å². The Morgan fingerprint density at radius 1 is 1.39 bits per heavy atom. The van der Waals surface area contributed by atoms with Crippen molar-refractivity contribution < 1.29 is 9.59 Å². The van der Waals surface area contributed by atoms with Crippen molar-refractivity contribution in [3.8, 4) is 0 Å². The first-order chi connectivity index (χ1) is 8.65. The number of carbonyl (C=O) groups excluding carboxylic acids is 2. The van der Waals surface area contributed by atoms with Crippen LogP contribution in [0.1, 0.15) is 17.7 Å². The Balaban J connectivity index is 1.76. The zero-order chi connectivity index (χ0) is 12.7. The van der Waals surface area contributed by atoms with E-state index in [9.17, 15) is 9.59 Å². The Morgan fingerprint density at radius 2 is 2.22 bits per heavy atom. The van der Waals surface area contributed by atoms with Gasteiger partial charge in [-0.05, 0) is 40.9 Å². The number of amides is 2. The summed E-state index contributed by atoms with van der Waals surface area (Å²) in [7, 11) is 0. The van der Waals surface area contributed by atoms with Crippen LogP contribution in [0.3, 0.4) is 0 Å². The fourth-order valence-corrected chi connectivity index (χ4v) is 4.12. The minimum Gasteiger partial charge on any atom is -0.329 e. The molecule has 0 aromatic carbocycles. The molecule has 96 valence electrons. The number of carbonyl (C=O) groups is 2. The van der Waals surface area contributed by atoms with Gasteiger partial charge in [0.05, 0.1) is 10.3 Å². The van der Waals surface area contributed by atoms with E-state index in [-0.39, 0.29) is 24.4 Å². The summed E-state index contributed by atoms with van der Waals surface area (Å²) in [6.45, 7) is 1.52. The van der Waals surface area contributed by atoms with E-state index in [4.69, 9.17) is 0 Å². The Morgan fingerprint density at radius 3 is 2.94 bits per heavy atom. The predicted molar refractivity (Wildman–Crippen MR) is 72.2 cm³/mol. The molecule has 2 saturated heterocycles. The van der Waals surface area contributed by atoms with Gasteiger partial charge in [-0.15, -0.1) is 11.3 Å². The molecule has 1 aromatic rings. The maximum Gasteiger partial charge on any atom is 0.246 e. The number of thiophene rings is 1. The lowest BCUT2D eigenvalue weighted by molar-refractivity contribution is -0.154. The van der Waals surface area contributed by atoms with Crippen LogP contribution in [0.15, 0.2) is 15.9 Å². The lowest BCUT2D eigenvalue weighted by atomic mass is 10.1. The van der Waals surface area contributed by atoms with Crippen LogP contribution in [-0.4, -0.2) is 40.7 Å². The normalized spacial score (nSPS) is 23.7. The quantitative estimate of drug-likeness (QED) is 0.831. The van der Waals surface area contributed by atoms with Crippen LogP contribution in [0.25, 0.3) is 0 Å². The molecule has 0 saturated carbocycles. The molecule has 6 heteroatoms. The summed E-state index contributed by atoms with van der Waals surface area (Å²) in [5, 5.41) is 0. The molecule has 2 amide bonds. The number of rotatable bonds is 2. The summed E-state index contributed by atoms with van der Waals surface area (Å²) in [5.41, 5.74) is 0. The molecule has 4 nitrogen and oxygen atoms in total. The van der Waals surface area contributed by atoms with E-state index < -0.39 is 0 Å². The first kappa shape index (κ1) is 12.2. The summed E-state index contributed by atoms with van der Waals surface area (Å²) >= 11 is 5.02. The van der Waals surface area contributed by atoms with Crippen molar-refractivity contribution in [1.82, 2.24) is 9.80 Å². The van der Waals surface area contributed by atoms with Gasteiger partial charge >= 0.3 is 0 Å². The van der Waals surface area contributed by atoms with Crippen molar-refractivity contribution in [2.45, 2.75) is 25.4 Å². The second-order valence-corrected chi connectivity index (χ2v) is 7.19. The fourth-order valence-electron chi connectivity index (χ4n) is 2.62. The summed E-state index contributed by atoms with van der Waals surface area (Å²) in [6, 6.07) is 3.76. The standard InChI is InChI=1S/C12H13BrN2O2S/c13-10-4-3-8(18-10)6-14-7-11(16)15-5-1-2-9(15)12(14)17/h3-4,9H,1-2,5-7H2. The van der Waals surface area contributed by atoms with Crippen LogP contribution in [-0.2, 0) is 16.1 Å². The number of nitrogens with zero attached hydrogens (tertiary/aromatic N) is 2. The van der Waals surface area contributed by atoms with Gasteiger partial charge < -0.3 is 9.80 Å². The van der Waals surface area contributed by atoms with Crippen molar-refractivity contribution >= 4 is 39.1 Å². The number of fused-ring (bicyclic) bond motifs is 1. The van der Waals surface area contributed by atoms with Crippen molar-refractivity contribution in [2.24, 2.45) is 0 Å². The first-order valence-electron chi connectivity index (χ1n) is 5.97. The summed E-state index contributed by atoms with van der Waals surface area (Å²) in [5.74, 6) is 0.198. The Kier molecular flexibility index (Phi) is 3.15. The smallest absolute Gasteiger partial charge is 0.246 e. The third-order valence-corrected chi connectivity index (χ3v) is 5.08. The van der Waals surface area contributed by atoms with Gasteiger partial charge in [0.15, 0.2) is 0 Å². The topological polar surface area (TPSA) is 40.6 Å². The number of piperazine rings is 1. The molecule has 0 spiro atoms. The molecule has 2 aliphatic rings. The third kappa shape index (κ3) is 2.07. The highest BCUT2D eigenvalue weighted by Gasteiger charge is 2.41. The third-order valence-electron chi connectivity index (χ3n) is 3.47. The largest absolute Gasteiger partial charge is 0.329 e. The van der Waals surface area contributed by atoms with Gasteiger partial charge in [-0.3, -0.25) is 9.59 Å². The second kappa shape index (κ2) is 4.66. The van der Waals surface area contributed by atoms with Gasteiger partial charge in [-0.2, -0.15) is 0 Å². The zero-order valence-electron chi connectivity index (χ0n) is 9.76. The Labute approximate surface area is 118 Å². The Hall–Kier alpha value is -0.880. The minimum atomic E-state index is -0.199. The average Bonchev–Trinajstić information content (AvgIpc) is 2.95. The van der Waals surface area contributed by atoms with E-state index in [0.29, 0.717) is 6.54 Å². The van der Waals surface area contributed by atoms with Crippen molar-refractivity contribution in [3.05, 3.63) is 20.8 Å². The first-order valence-corrected chi connectivity index (χ1v) is 7.58. The highest BCUT2D eigenvalue weighted by atomic mass is 79.9. The molecule has 3 heterocycles. The van der Waals surface area contributed by atoms with E-state index in [1.54, 1.807) is 21.1 Å². The number of hydrogen-bond donors (Lipinski definition) is 0. The molecule has 0 N–H and O–H groups in total. The molecular formula is C12H13BrN2O2S. The maximum absolute atomic E-state index is 12.3. The number of halogens is 1. The summed E-state index contributed by atoms with van der Waals surface area (Å²) < 4.78 is 1.05. The van der Waals surface area contributed by atoms with Gasteiger partial charge in [-0.25, -0.2) is 0 Å². The molecule has 1 unspecified atom stereocenters. The van der Waals surface area contributed by atoms with Gasteiger partial charge in [0.25, 0.3) is 0 Å². The van der Waals surface area contributed by atoms with Crippen molar-refractivity contribution in [3.63, 3.8) is 0 Å². The van der Waals surface area contributed by atoms with Gasteiger partial charge in [0, 0.05) is 11.4 Å². The molecule has 1 atom stereocenters. The fraction of sp³-hybridized carbons (Fsp3) is 0.500. The summed E-state index contributed by atoms with van der Waals surface area (Å²) in [4.78, 5) is 28.8. The Bertz CT molecular complexity index is 502. The molecular weight excluding hydrogens is 316 g/mol. The molecule has 1 aromatic heterocycles. The van der Waals surface area contributed by atoms with Gasteiger partial charge in [0.1, 0.15) is 12.6 Å².